The van der Waals surface area contributed by atoms with Crippen LogP contribution in [-0.2, 0) is 9.53 Å². The third-order valence-electron chi connectivity index (χ3n) is 3.74. The van der Waals surface area contributed by atoms with Crippen molar-refractivity contribution in [1.29, 1.82) is 0 Å². The lowest BCUT2D eigenvalue weighted by atomic mass is 10.0. The van der Waals surface area contributed by atoms with Crippen molar-refractivity contribution in [3.63, 3.8) is 0 Å². The van der Waals surface area contributed by atoms with Gasteiger partial charge in [-0.1, -0.05) is 12.8 Å². The van der Waals surface area contributed by atoms with E-state index in [0.717, 1.165) is 13.0 Å². The van der Waals surface area contributed by atoms with Gasteiger partial charge in [0, 0.05) is 18.6 Å². The third kappa shape index (κ3) is 2.79. The number of carbonyl (C=O) groups excluding carboxylic acids is 1. The Hall–Kier alpha value is -0.410. The minimum Gasteiger partial charge on any atom is -0.381 e. The standard InChI is InChI=1S/C12H21NO2/c1-13(11-4-2-3-5-11)8-12(14)10-6-7-15-9-10/h10-11H,2-9H2,1H3. The third-order valence-corrected chi connectivity index (χ3v) is 3.74. The predicted octanol–water partition coefficient (Wildman–Crippen LogP) is 1.47. The van der Waals surface area contributed by atoms with E-state index in [2.05, 4.69) is 11.9 Å². The summed E-state index contributed by atoms with van der Waals surface area (Å²) in [4.78, 5) is 14.1. The second-order valence-corrected chi connectivity index (χ2v) is 4.88. The fourth-order valence-corrected chi connectivity index (χ4v) is 2.64. The fraction of sp³-hybridized carbons (Fsp3) is 0.917. The predicted molar refractivity (Wildman–Crippen MR) is 58.8 cm³/mol. The highest BCUT2D eigenvalue weighted by Gasteiger charge is 2.27. The smallest absolute Gasteiger partial charge is 0.152 e. The topological polar surface area (TPSA) is 29.5 Å². The summed E-state index contributed by atoms with van der Waals surface area (Å²) in [5.74, 6) is 0.552. The van der Waals surface area contributed by atoms with Crippen molar-refractivity contribution in [3.05, 3.63) is 0 Å². The highest BCUT2D eigenvalue weighted by atomic mass is 16.5. The first-order valence-electron chi connectivity index (χ1n) is 6.08. The van der Waals surface area contributed by atoms with Crippen molar-refractivity contribution in [2.24, 2.45) is 5.92 Å². The van der Waals surface area contributed by atoms with Gasteiger partial charge in [-0.05, 0) is 26.3 Å². The summed E-state index contributed by atoms with van der Waals surface area (Å²) < 4.78 is 5.25. The van der Waals surface area contributed by atoms with Gasteiger partial charge in [0.2, 0.25) is 0 Å². The van der Waals surface area contributed by atoms with Crippen LogP contribution in [0.25, 0.3) is 0 Å². The van der Waals surface area contributed by atoms with E-state index in [-0.39, 0.29) is 5.92 Å². The number of hydrogen-bond acceptors (Lipinski definition) is 3. The zero-order valence-electron chi connectivity index (χ0n) is 9.58. The van der Waals surface area contributed by atoms with Crippen LogP contribution < -0.4 is 0 Å². The fourth-order valence-electron chi connectivity index (χ4n) is 2.64. The molecule has 0 radical (unpaired) electrons. The summed E-state index contributed by atoms with van der Waals surface area (Å²) in [6.45, 7) is 2.04. The summed E-state index contributed by atoms with van der Waals surface area (Å²) in [5, 5.41) is 0. The maximum absolute atomic E-state index is 11.9. The molecule has 1 unspecified atom stereocenters. The van der Waals surface area contributed by atoms with Crippen LogP contribution in [0.15, 0.2) is 0 Å². The van der Waals surface area contributed by atoms with Crippen LogP contribution in [0.1, 0.15) is 32.1 Å². The van der Waals surface area contributed by atoms with E-state index in [1.54, 1.807) is 0 Å². The van der Waals surface area contributed by atoms with Gasteiger partial charge in [-0.25, -0.2) is 0 Å². The average molecular weight is 211 g/mol. The number of hydrogen-bond donors (Lipinski definition) is 0. The van der Waals surface area contributed by atoms with Gasteiger partial charge in [0.1, 0.15) is 0 Å². The van der Waals surface area contributed by atoms with Crippen molar-refractivity contribution in [1.82, 2.24) is 4.90 Å². The van der Waals surface area contributed by atoms with E-state index in [9.17, 15) is 4.79 Å². The molecule has 1 aliphatic heterocycles. The van der Waals surface area contributed by atoms with Gasteiger partial charge < -0.3 is 4.74 Å². The molecule has 0 aromatic carbocycles. The molecule has 0 spiro atoms. The Bertz CT molecular complexity index is 218. The lowest BCUT2D eigenvalue weighted by molar-refractivity contribution is -0.124. The van der Waals surface area contributed by atoms with Crippen molar-refractivity contribution < 1.29 is 9.53 Å². The van der Waals surface area contributed by atoms with Crippen molar-refractivity contribution in [2.75, 3.05) is 26.8 Å². The summed E-state index contributed by atoms with van der Waals surface area (Å²) in [7, 11) is 2.09. The molecule has 86 valence electrons. The Morgan fingerprint density at radius 2 is 2.07 bits per heavy atom. The molecule has 0 N–H and O–H groups in total. The van der Waals surface area contributed by atoms with E-state index in [4.69, 9.17) is 4.74 Å². The number of Topliss-reactive ketones (excluding diaryl/α,β-unsaturated/α-hetero) is 1. The molecule has 2 aliphatic rings. The molecular weight excluding hydrogens is 190 g/mol. The van der Waals surface area contributed by atoms with Crippen LogP contribution >= 0.6 is 0 Å². The molecule has 2 rings (SSSR count). The summed E-state index contributed by atoms with van der Waals surface area (Å²) in [5.41, 5.74) is 0. The van der Waals surface area contributed by atoms with Gasteiger partial charge >= 0.3 is 0 Å². The second-order valence-electron chi connectivity index (χ2n) is 4.88. The number of ketones is 1. The van der Waals surface area contributed by atoms with Crippen LogP contribution in [0.2, 0.25) is 0 Å². The molecule has 2 fully saturated rings. The minimum atomic E-state index is 0.175. The molecule has 0 aromatic heterocycles. The van der Waals surface area contributed by atoms with Crippen LogP contribution in [0.4, 0.5) is 0 Å². The van der Waals surface area contributed by atoms with Gasteiger partial charge in [-0.15, -0.1) is 0 Å². The molecule has 3 heteroatoms. The Kier molecular flexibility index (Phi) is 3.76. The monoisotopic (exact) mass is 211 g/mol. The highest BCUT2D eigenvalue weighted by Crippen LogP contribution is 2.23. The van der Waals surface area contributed by atoms with Crippen molar-refractivity contribution in [3.8, 4) is 0 Å². The molecule has 3 nitrogen and oxygen atoms in total. The first kappa shape index (κ1) is 11.1. The van der Waals surface area contributed by atoms with Gasteiger partial charge in [0.05, 0.1) is 13.2 Å². The largest absolute Gasteiger partial charge is 0.381 e. The van der Waals surface area contributed by atoms with Gasteiger partial charge in [0.15, 0.2) is 5.78 Å². The lowest BCUT2D eigenvalue weighted by Crippen LogP contribution is -2.36. The van der Waals surface area contributed by atoms with Crippen LogP contribution in [0, 0.1) is 5.92 Å². The van der Waals surface area contributed by atoms with E-state index in [1.807, 2.05) is 0 Å². The zero-order chi connectivity index (χ0) is 10.7. The van der Waals surface area contributed by atoms with Crippen LogP contribution in [0.3, 0.4) is 0 Å². The zero-order valence-corrected chi connectivity index (χ0v) is 9.58. The van der Waals surface area contributed by atoms with E-state index in [1.165, 1.54) is 25.7 Å². The highest BCUT2D eigenvalue weighted by molar-refractivity contribution is 5.83. The Morgan fingerprint density at radius 1 is 1.33 bits per heavy atom. The average Bonchev–Trinajstić information content (AvgIpc) is 2.91. The molecule has 15 heavy (non-hydrogen) atoms. The molecule has 0 amide bonds. The molecule has 1 saturated heterocycles. The van der Waals surface area contributed by atoms with E-state index >= 15 is 0 Å². The first-order chi connectivity index (χ1) is 7.27. The number of ether oxygens (including phenoxy) is 1. The lowest BCUT2D eigenvalue weighted by Gasteiger charge is -2.24. The summed E-state index contributed by atoms with van der Waals surface area (Å²) >= 11 is 0. The SMILES string of the molecule is CN(CC(=O)C1CCOC1)C1CCCC1. The summed E-state index contributed by atoms with van der Waals surface area (Å²) in [6.07, 6.45) is 6.12. The number of rotatable bonds is 4. The Balaban J connectivity index is 1.77. The maximum atomic E-state index is 11.9. The quantitative estimate of drug-likeness (QED) is 0.705. The summed E-state index contributed by atoms with van der Waals surface area (Å²) in [6, 6.07) is 0.649. The normalized spacial score (nSPS) is 27.7. The molecular formula is C12H21NO2. The van der Waals surface area contributed by atoms with Crippen LogP contribution in [0.5, 0.6) is 0 Å². The minimum absolute atomic E-state index is 0.175. The molecule has 1 atom stereocenters. The number of likely N-dealkylation sites (N-methyl/N-ethyl adjacent to an activating group) is 1. The van der Waals surface area contributed by atoms with E-state index < -0.39 is 0 Å². The molecule has 0 aromatic rings. The van der Waals surface area contributed by atoms with Gasteiger partial charge in [-0.3, -0.25) is 9.69 Å². The van der Waals surface area contributed by atoms with E-state index in [0.29, 0.717) is 25.0 Å². The number of nitrogens with zero attached hydrogens (tertiary/aromatic N) is 1. The molecule has 1 heterocycles. The Labute approximate surface area is 91.8 Å². The van der Waals surface area contributed by atoms with Crippen molar-refractivity contribution in [2.45, 2.75) is 38.1 Å². The van der Waals surface area contributed by atoms with Gasteiger partial charge in [0.25, 0.3) is 0 Å². The molecule has 1 aliphatic carbocycles. The Morgan fingerprint density at radius 3 is 2.67 bits per heavy atom. The molecule has 0 bridgehead atoms. The second kappa shape index (κ2) is 5.08. The van der Waals surface area contributed by atoms with Crippen LogP contribution in [-0.4, -0.2) is 43.5 Å². The first-order valence-corrected chi connectivity index (χ1v) is 6.08. The molecule has 1 saturated carbocycles. The van der Waals surface area contributed by atoms with Crippen molar-refractivity contribution >= 4 is 5.78 Å². The maximum Gasteiger partial charge on any atom is 0.152 e. The van der Waals surface area contributed by atoms with Gasteiger partial charge in [-0.2, -0.15) is 0 Å². The number of carbonyl (C=O) groups is 1.